The number of thiophene rings is 1. The van der Waals surface area contributed by atoms with Crippen LogP contribution >= 0.6 is 11.3 Å². The number of ether oxygens (including phenoxy) is 1. The quantitative estimate of drug-likeness (QED) is 0.770. The van der Waals surface area contributed by atoms with Crippen molar-refractivity contribution >= 4 is 17.1 Å². The number of rotatable bonds is 5. The zero-order valence-electron chi connectivity index (χ0n) is 9.93. The number of carbonyl (C=O) groups is 1. The lowest BCUT2D eigenvalue weighted by Crippen LogP contribution is -2.20. The predicted octanol–water partition coefficient (Wildman–Crippen LogP) is 3.68. The maximum atomic E-state index is 12.7. The van der Waals surface area contributed by atoms with Crippen LogP contribution in [-0.4, -0.2) is 11.9 Å². The molecule has 18 heavy (non-hydrogen) atoms. The SMILES string of the molecule is CC(OCc1cccs1)C(=O)c1ccc(F)cc1. The first kappa shape index (κ1) is 12.9. The zero-order valence-corrected chi connectivity index (χ0v) is 10.7. The Morgan fingerprint density at radius 1 is 1.33 bits per heavy atom. The molecule has 1 unspecified atom stereocenters. The molecule has 0 N–H and O–H groups in total. The van der Waals surface area contributed by atoms with E-state index in [-0.39, 0.29) is 11.6 Å². The van der Waals surface area contributed by atoms with Gasteiger partial charge in [0, 0.05) is 10.4 Å². The van der Waals surface area contributed by atoms with E-state index in [9.17, 15) is 9.18 Å². The van der Waals surface area contributed by atoms with E-state index in [1.165, 1.54) is 24.3 Å². The molecule has 1 aromatic heterocycles. The van der Waals surface area contributed by atoms with Gasteiger partial charge in [-0.05, 0) is 42.6 Å². The van der Waals surface area contributed by atoms with Crippen molar-refractivity contribution in [2.75, 3.05) is 0 Å². The molecule has 0 amide bonds. The molecule has 0 aliphatic carbocycles. The Morgan fingerprint density at radius 2 is 2.06 bits per heavy atom. The molecule has 1 atom stereocenters. The van der Waals surface area contributed by atoms with E-state index in [0.29, 0.717) is 12.2 Å². The van der Waals surface area contributed by atoms with Gasteiger partial charge in [-0.15, -0.1) is 11.3 Å². The van der Waals surface area contributed by atoms with Crippen LogP contribution in [0.2, 0.25) is 0 Å². The van der Waals surface area contributed by atoms with E-state index < -0.39 is 6.10 Å². The Labute approximate surface area is 109 Å². The molecule has 0 radical (unpaired) electrons. The molecular formula is C14H13FO2S. The summed E-state index contributed by atoms with van der Waals surface area (Å²) in [4.78, 5) is 13.0. The van der Waals surface area contributed by atoms with Crippen LogP contribution in [0.15, 0.2) is 41.8 Å². The van der Waals surface area contributed by atoms with Crippen LogP contribution in [0.3, 0.4) is 0 Å². The maximum Gasteiger partial charge on any atom is 0.191 e. The minimum atomic E-state index is -0.530. The molecule has 4 heteroatoms. The third kappa shape index (κ3) is 3.24. The topological polar surface area (TPSA) is 26.3 Å². The summed E-state index contributed by atoms with van der Waals surface area (Å²) in [6, 6.07) is 9.40. The fourth-order valence-electron chi connectivity index (χ4n) is 1.53. The summed E-state index contributed by atoms with van der Waals surface area (Å²) in [5.74, 6) is -0.481. The van der Waals surface area contributed by atoms with Gasteiger partial charge < -0.3 is 4.74 Å². The van der Waals surface area contributed by atoms with Gasteiger partial charge >= 0.3 is 0 Å². The van der Waals surface area contributed by atoms with Crippen molar-refractivity contribution in [2.45, 2.75) is 19.6 Å². The highest BCUT2D eigenvalue weighted by Gasteiger charge is 2.15. The molecule has 0 saturated heterocycles. The van der Waals surface area contributed by atoms with Crippen LogP contribution < -0.4 is 0 Å². The van der Waals surface area contributed by atoms with Crippen LogP contribution in [-0.2, 0) is 11.3 Å². The Kier molecular flexibility index (Phi) is 4.23. The molecule has 0 aliphatic rings. The minimum Gasteiger partial charge on any atom is -0.365 e. The fourth-order valence-corrected chi connectivity index (χ4v) is 2.15. The van der Waals surface area contributed by atoms with Crippen molar-refractivity contribution in [2.24, 2.45) is 0 Å². The molecule has 1 heterocycles. The van der Waals surface area contributed by atoms with E-state index in [1.54, 1.807) is 18.3 Å². The summed E-state index contributed by atoms with van der Waals surface area (Å²) in [5.41, 5.74) is 0.468. The number of hydrogen-bond acceptors (Lipinski definition) is 3. The van der Waals surface area contributed by atoms with Crippen LogP contribution in [0.5, 0.6) is 0 Å². The molecule has 94 valence electrons. The molecule has 0 saturated carbocycles. The fraction of sp³-hybridized carbons (Fsp3) is 0.214. The number of Topliss-reactive ketones (excluding diaryl/α,β-unsaturated/α-hetero) is 1. The predicted molar refractivity (Wildman–Crippen MR) is 69.3 cm³/mol. The van der Waals surface area contributed by atoms with Gasteiger partial charge in [-0.3, -0.25) is 4.79 Å². The lowest BCUT2D eigenvalue weighted by molar-refractivity contribution is 0.0420. The second-order valence-corrected chi connectivity index (χ2v) is 4.94. The monoisotopic (exact) mass is 264 g/mol. The smallest absolute Gasteiger partial charge is 0.191 e. The third-order valence-corrected chi connectivity index (χ3v) is 3.40. The number of carbonyl (C=O) groups excluding carboxylic acids is 1. The van der Waals surface area contributed by atoms with Gasteiger partial charge in [0.2, 0.25) is 0 Å². The number of ketones is 1. The van der Waals surface area contributed by atoms with Crippen LogP contribution in [0.4, 0.5) is 4.39 Å². The van der Waals surface area contributed by atoms with Gasteiger partial charge in [0.05, 0.1) is 6.61 Å². The van der Waals surface area contributed by atoms with Crippen molar-refractivity contribution in [1.29, 1.82) is 0 Å². The molecule has 0 fully saturated rings. The summed E-state index contributed by atoms with van der Waals surface area (Å²) in [6.45, 7) is 2.13. The second kappa shape index (κ2) is 5.89. The molecule has 0 bridgehead atoms. The van der Waals surface area contributed by atoms with E-state index in [1.807, 2.05) is 17.5 Å². The first-order chi connectivity index (χ1) is 8.66. The van der Waals surface area contributed by atoms with E-state index in [4.69, 9.17) is 4.74 Å². The average molecular weight is 264 g/mol. The summed E-state index contributed by atoms with van der Waals surface area (Å²) in [7, 11) is 0. The molecule has 2 nitrogen and oxygen atoms in total. The Morgan fingerprint density at radius 3 is 2.67 bits per heavy atom. The molecule has 1 aromatic carbocycles. The highest BCUT2D eigenvalue weighted by molar-refractivity contribution is 7.09. The Bertz CT molecular complexity index is 505. The number of benzene rings is 1. The Balaban J connectivity index is 1.94. The normalized spacial score (nSPS) is 12.3. The van der Waals surface area contributed by atoms with Crippen LogP contribution in [0.1, 0.15) is 22.2 Å². The van der Waals surface area contributed by atoms with Gasteiger partial charge in [-0.25, -0.2) is 4.39 Å². The molecular weight excluding hydrogens is 251 g/mol. The van der Waals surface area contributed by atoms with Crippen molar-refractivity contribution < 1.29 is 13.9 Å². The highest BCUT2D eigenvalue weighted by Crippen LogP contribution is 2.13. The summed E-state index contributed by atoms with van der Waals surface area (Å²) < 4.78 is 18.2. The third-order valence-electron chi connectivity index (χ3n) is 2.55. The van der Waals surface area contributed by atoms with Crippen molar-refractivity contribution in [3.8, 4) is 0 Å². The Hall–Kier alpha value is -1.52. The van der Waals surface area contributed by atoms with Crippen molar-refractivity contribution in [3.05, 3.63) is 58.0 Å². The highest BCUT2D eigenvalue weighted by atomic mass is 32.1. The van der Waals surface area contributed by atoms with Gasteiger partial charge in [0.25, 0.3) is 0 Å². The van der Waals surface area contributed by atoms with Crippen molar-refractivity contribution in [1.82, 2.24) is 0 Å². The maximum absolute atomic E-state index is 12.7. The van der Waals surface area contributed by atoms with E-state index in [0.717, 1.165) is 4.88 Å². The molecule has 2 aromatic rings. The average Bonchev–Trinajstić information content (AvgIpc) is 2.89. The summed E-state index contributed by atoms with van der Waals surface area (Å²) in [5, 5.41) is 1.96. The lowest BCUT2D eigenvalue weighted by atomic mass is 10.1. The van der Waals surface area contributed by atoms with Crippen molar-refractivity contribution in [3.63, 3.8) is 0 Å². The van der Waals surface area contributed by atoms with E-state index in [2.05, 4.69) is 0 Å². The van der Waals surface area contributed by atoms with Crippen LogP contribution in [0, 0.1) is 5.82 Å². The summed E-state index contributed by atoms with van der Waals surface area (Å²) in [6.07, 6.45) is -0.530. The molecule has 0 aliphatic heterocycles. The minimum absolute atomic E-state index is 0.133. The lowest BCUT2D eigenvalue weighted by Gasteiger charge is -2.11. The second-order valence-electron chi connectivity index (χ2n) is 3.90. The number of halogens is 1. The first-order valence-electron chi connectivity index (χ1n) is 5.60. The zero-order chi connectivity index (χ0) is 13.0. The van der Waals surface area contributed by atoms with Crippen LogP contribution in [0.25, 0.3) is 0 Å². The number of hydrogen-bond donors (Lipinski definition) is 0. The molecule has 0 spiro atoms. The largest absolute Gasteiger partial charge is 0.365 e. The van der Waals surface area contributed by atoms with E-state index >= 15 is 0 Å². The van der Waals surface area contributed by atoms with Gasteiger partial charge in [-0.1, -0.05) is 6.07 Å². The molecule has 2 rings (SSSR count). The summed E-state index contributed by atoms with van der Waals surface area (Å²) >= 11 is 1.59. The standard InChI is InChI=1S/C14H13FO2S/c1-10(17-9-13-3-2-8-18-13)14(16)11-4-6-12(15)7-5-11/h2-8,10H,9H2,1H3. The first-order valence-corrected chi connectivity index (χ1v) is 6.48. The van der Waals surface area contributed by atoms with Gasteiger partial charge in [0.15, 0.2) is 5.78 Å². The van der Waals surface area contributed by atoms with Gasteiger partial charge in [0.1, 0.15) is 11.9 Å². The van der Waals surface area contributed by atoms with Gasteiger partial charge in [-0.2, -0.15) is 0 Å².